The van der Waals surface area contributed by atoms with Crippen molar-refractivity contribution in [2.45, 2.75) is 6.92 Å². The van der Waals surface area contributed by atoms with Crippen LogP contribution < -0.4 is 45.1 Å². The van der Waals surface area contributed by atoms with Gasteiger partial charge in [-0.1, -0.05) is 72.8 Å². The lowest BCUT2D eigenvalue weighted by Gasteiger charge is -2.44. The number of fused-ring (bicyclic) bond motifs is 8. The lowest BCUT2D eigenvalue weighted by atomic mass is 9.33. The molecule has 0 fully saturated rings. The number of hydrogen-bond acceptors (Lipinski definition) is 8. The Bertz CT molecular complexity index is 2930. The smallest absolute Gasteiger partial charge is 0.252 e. The van der Waals surface area contributed by atoms with Gasteiger partial charge in [-0.05, 0) is 102 Å². The van der Waals surface area contributed by atoms with E-state index < -0.39 is 0 Å². The van der Waals surface area contributed by atoms with Crippen molar-refractivity contribution in [1.29, 1.82) is 0 Å². The van der Waals surface area contributed by atoms with E-state index >= 15 is 0 Å². The van der Waals surface area contributed by atoms with Gasteiger partial charge in [0.25, 0.3) is 6.71 Å². The van der Waals surface area contributed by atoms with Crippen molar-refractivity contribution < 1.29 is 27.8 Å². The summed E-state index contributed by atoms with van der Waals surface area (Å²) in [6.45, 7) is 2.36. The minimum atomic E-state index is -0.125. The Morgan fingerprint density at radius 2 is 0.948 bits per heavy atom. The molecule has 4 aliphatic rings. The van der Waals surface area contributed by atoms with Gasteiger partial charge in [0.2, 0.25) is 13.6 Å². The minimum Gasteiger partial charge on any atom is -0.456 e. The zero-order valence-electron chi connectivity index (χ0n) is 31.2. The van der Waals surface area contributed by atoms with Crippen molar-refractivity contribution in [3.63, 3.8) is 0 Å². The van der Waals surface area contributed by atoms with E-state index in [4.69, 9.17) is 27.8 Å². The van der Waals surface area contributed by atoms with Gasteiger partial charge in [-0.2, -0.15) is 0 Å². The largest absolute Gasteiger partial charge is 0.456 e. The van der Waals surface area contributed by atoms with Crippen LogP contribution in [0.2, 0.25) is 0 Å². The van der Waals surface area contributed by atoms with E-state index in [1.807, 2.05) is 60.7 Å². The highest BCUT2D eigenvalue weighted by Gasteiger charge is 2.45. The molecule has 0 spiro atoms. The molecule has 6 heterocycles. The molecule has 4 aliphatic heterocycles. The lowest BCUT2D eigenvalue weighted by Crippen LogP contribution is -2.61. The van der Waals surface area contributed by atoms with Crippen molar-refractivity contribution in [3.05, 3.63) is 151 Å². The first kappa shape index (κ1) is 31.7. The Hall–Kier alpha value is -7.52. The van der Waals surface area contributed by atoms with Gasteiger partial charge >= 0.3 is 0 Å². The summed E-state index contributed by atoms with van der Waals surface area (Å²) >= 11 is 0. The maximum Gasteiger partial charge on any atom is 0.252 e. The Morgan fingerprint density at radius 1 is 0.448 bits per heavy atom. The molecule has 0 saturated carbocycles. The van der Waals surface area contributed by atoms with Crippen molar-refractivity contribution in [1.82, 2.24) is 0 Å². The van der Waals surface area contributed by atoms with Crippen molar-refractivity contribution in [3.8, 4) is 45.6 Å². The van der Waals surface area contributed by atoms with Crippen LogP contribution in [0.15, 0.2) is 154 Å². The monoisotopic (exact) mass is 754 g/mol. The van der Waals surface area contributed by atoms with Gasteiger partial charge < -0.3 is 37.6 Å². The molecule has 8 nitrogen and oxygen atoms in total. The number of anilines is 6. The summed E-state index contributed by atoms with van der Waals surface area (Å²) in [6.07, 6.45) is 0. The SMILES string of the molecule is Cc1cc2c3c(c1)N(c1cccc4c1OCO4)c1cc(-c4cc5ccccc5o4)ccc1B3c1ccc(-c3cc4ccccc4o3)cc1N2c1cccc2c1OCO2. The quantitative estimate of drug-likeness (QED) is 0.165. The molecule has 9 aromatic rings. The Morgan fingerprint density at radius 3 is 1.45 bits per heavy atom. The molecule has 0 saturated heterocycles. The van der Waals surface area contributed by atoms with E-state index in [0.29, 0.717) is 11.5 Å². The summed E-state index contributed by atoms with van der Waals surface area (Å²) in [5.41, 5.74) is 14.2. The molecular formula is C49H31BN2O6. The lowest BCUT2D eigenvalue weighted by molar-refractivity contribution is 0.174. The number of rotatable bonds is 4. The van der Waals surface area contributed by atoms with Gasteiger partial charge in [0.1, 0.15) is 22.7 Å². The van der Waals surface area contributed by atoms with Crippen LogP contribution in [0.1, 0.15) is 5.56 Å². The fraction of sp³-hybridized carbons (Fsp3) is 0.0612. The highest BCUT2D eigenvalue weighted by molar-refractivity contribution is 7.00. The Labute approximate surface area is 333 Å². The van der Waals surface area contributed by atoms with Crippen LogP contribution in [0.5, 0.6) is 23.0 Å². The normalized spacial score (nSPS) is 14.3. The topological polar surface area (TPSA) is 69.7 Å². The maximum atomic E-state index is 6.46. The van der Waals surface area contributed by atoms with Crippen LogP contribution in [-0.4, -0.2) is 20.3 Å². The molecule has 0 amide bonds. The molecule has 0 radical (unpaired) electrons. The second kappa shape index (κ2) is 11.8. The van der Waals surface area contributed by atoms with Crippen molar-refractivity contribution >= 4 is 79.2 Å². The van der Waals surface area contributed by atoms with E-state index in [9.17, 15) is 0 Å². The maximum absolute atomic E-state index is 6.46. The number of ether oxygens (including phenoxy) is 4. The summed E-state index contributed by atoms with van der Waals surface area (Å²) in [6, 6.07) is 50.8. The molecule has 0 aliphatic carbocycles. The number of benzene rings is 7. The molecule has 0 atom stereocenters. The van der Waals surface area contributed by atoms with E-state index in [0.717, 1.165) is 107 Å². The predicted octanol–water partition coefficient (Wildman–Crippen LogP) is 10.4. The number of aryl methyl sites for hydroxylation is 1. The molecule has 13 rings (SSSR count). The van der Waals surface area contributed by atoms with Gasteiger partial charge in [0.05, 0.1) is 11.4 Å². The fourth-order valence-electron chi connectivity index (χ4n) is 9.38. The predicted molar refractivity (Wildman–Crippen MR) is 228 cm³/mol. The molecule has 9 heteroatoms. The zero-order chi connectivity index (χ0) is 38.1. The highest BCUT2D eigenvalue weighted by Crippen LogP contribution is 2.53. The molecule has 0 N–H and O–H groups in total. The first-order valence-corrected chi connectivity index (χ1v) is 19.4. The Kier molecular flexibility index (Phi) is 6.42. The standard InChI is InChI=1S/C49H31BN2O6/c1-28-20-39-47-40(21-28)52(36-11-7-15-44-49(36)56-27-54-44)38-23-32(46-25-30-9-3-5-13-42(30)58-46)17-19-34(38)50(47)33-18-16-31(45-24-29-8-2-4-12-41(29)57-45)22-37(33)51(39)35-10-6-14-43-48(35)55-26-53-43/h2-25H,26-27H2,1H3. The fourth-order valence-corrected chi connectivity index (χ4v) is 9.38. The molecule has 0 bridgehead atoms. The average molecular weight is 755 g/mol. The van der Waals surface area contributed by atoms with Crippen molar-refractivity contribution in [2.24, 2.45) is 0 Å². The summed E-state index contributed by atoms with van der Waals surface area (Å²) in [4.78, 5) is 4.69. The third-order valence-electron chi connectivity index (χ3n) is 11.9. The van der Waals surface area contributed by atoms with Gasteiger partial charge in [-0.25, -0.2) is 0 Å². The second-order valence-electron chi connectivity index (χ2n) is 15.2. The van der Waals surface area contributed by atoms with Gasteiger partial charge in [0, 0.05) is 44.6 Å². The first-order valence-electron chi connectivity index (χ1n) is 19.4. The van der Waals surface area contributed by atoms with Crippen LogP contribution in [0, 0.1) is 6.92 Å². The van der Waals surface area contributed by atoms with Gasteiger partial charge in [-0.15, -0.1) is 0 Å². The number of nitrogens with zero attached hydrogens (tertiary/aromatic N) is 2. The van der Waals surface area contributed by atoms with Gasteiger partial charge in [0.15, 0.2) is 23.0 Å². The molecule has 2 aromatic heterocycles. The van der Waals surface area contributed by atoms with E-state index in [-0.39, 0.29) is 20.3 Å². The number of furan rings is 2. The van der Waals surface area contributed by atoms with Gasteiger partial charge in [-0.3, -0.25) is 0 Å². The molecule has 0 unspecified atom stereocenters. The molecular weight excluding hydrogens is 723 g/mol. The molecule has 58 heavy (non-hydrogen) atoms. The summed E-state index contributed by atoms with van der Waals surface area (Å²) in [5.74, 6) is 4.49. The van der Waals surface area contributed by atoms with Crippen LogP contribution >= 0.6 is 0 Å². The van der Waals surface area contributed by atoms with E-state index in [1.54, 1.807) is 0 Å². The molecule has 276 valence electrons. The minimum absolute atomic E-state index is 0.125. The average Bonchev–Trinajstić information content (AvgIpc) is 4.09. The van der Waals surface area contributed by atoms with Crippen LogP contribution in [0.25, 0.3) is 44.6 Å². The number of para-hydroxylation sites is 4. The summed E-state index contributed by atoms with van der Waals surface area (Å²) in [7, 11) is 0. The zero-order valence-corrected chi connectivity index (χ0v) is 31.2. The summed E-state index contributed by atoms with van der Waals surface area (Å²) in [5, 5.41) is 2.12. The second-order valence-corrected chi connectivity index (χ2v) is 15.2. The summed E-state index contributed by atoms with van der Waals surface area (Å²) < 4.78 is 37.3. The van der Waals surface area contributed by atoms with E-state index in [2.05, 4.69) is 102 Å². The van der Waals surface area contributed by atoms with Crippen molar-refractivity contribution in [2.75, 3.05) is 23.4 Å². The highest BCUT2D eigenvalue weighted by atomic mass is 16.7. The third-order valence-corrected chi connectivity index (χ3v) is 11.9. The van der Waals surface area contributed by atoms with Crippen LogP contribution in [0.4, 0.5) is 34.1 Å². The first-order chi connectivity index (χ1) is 28.6. The Balaban J connectivity index is 1.10. The van der Waals surface area contributed by atoms with Crippen LogP contribution in [-0.2, 0) is 0 Å². The van der Waals surface area contributed by atoms with Crippen LogP contribution in [0.3, 0.4) is 0 Å². The van der Waals surface area contributed by atoms with E-state index in [1.165, 1.54) is 5.46 Å². The molecule has 7 aromatic carbocycles. The third kappa shape index (κ3) is 4.46. The number of hydrogen-bond donors (Lipinski definition) is 0.